The van der Waals surface area contributed by atoms with E-state index in [0.717, 1.165) is 31.7 Å². The van der Waals surface area contributed by atoms with Crippen LogP contribution in [0.5, 0.6) is 0 Å². The maximum absolute atomic E-state index is 13.2. The second-order valence-corrected chi connectivity index (χ2v) is 8.22. The van der Waals surface area contributed by atoms with Crippen molar-refractivity contribution in [2.24, 2.45) is 5.92 Å². The molecule has 3 fully saturated rings. The maximum atomic E-state index is 13.2. The van der Waals surface area contributed by atoms with Crippen molar-refractivity contribution in [1.82, 2.24) is 20.4 Å². The second kappa shape index (κ2) is 7.68. The molecule has 1 saturated carbocycles. The Balaban J connectivity index is 1.38. The molecule has 30 heavy (non-hydrogen) atoms. The molecule has 1 aliphatic carbocycles. The number of nitrogens with one attached hydrogen (secondary N) is 1. The van der Waals surface area contributed by atoms with E-state index in [1.165, 1.54) is 12.3 Å². The van der Waals surface area contributed by atoms with E-state index in [9.17, 15) is 8.78 Å². The molecule has 2 aromatic rings. The van der Waals surface area contributed by atoms with Crippen molar-refractivity contribution in [1.29, 1.82) is 0 Å². The molecule has 160 valence electrons. The molecule has 0 aromatic carbocycles. The van der Waals surface area contributed by atoms with Gasteiger partial charge in [0.25, 0.3) is 6.43 Å². The number of nitrogen functional groups attached to an aromatic ring is 1. The van der Waals surface area contributed by atoms with Crippen LogP contribution < -0.4 is 16.1 Å². The minimum Gasteiger partial charge on any atom is -0.383 e. The fourth-order valence-electron chi connectivity index (χ4n) is 4.72. The number of hydrogen-bond acceptors (Lipinski definition) is 8. The highest BCUT2D eigenvalue weighted by atomic mass is 19.3. The number of halogens is 2. The average molecular weight is 418 g/mol. The van der Waals surface area contributed by atoms with Gasteiger partial charge in [-0.1, -0.05) is 0 Å². The quantitative estimate of drug-likeness (QED) is 0.781. The van der Waals surface area contributed by atoms with Gasteiger partial charge in [-0.3, -0.25) is 0 Å². The van der Waals surface area contributed by atoms with E-state index in [4.69, 9.17) is 15.3 Å². The number of hydrogen-bond donors (Lipinski definition) is 2. The number of aromatic nitrogens is 3. The smallest absolute Gasteiger partial charge is 0.267 e. The van der Waals surface area contributed by atoms with Crippen molar-refractivity contribution in [3.8, 4) is 11.4 Å². The summed E-state index contributed by atoms with van der Waals surface area (Å²) in [7, 11) is 0. The van der Waals surface area contributed by atoms with Gasteiger partial charge in [0.2, 0.25) is 0 Å². The minimum absolute atomic E-state index is 0.0152. The summed E-state index contributed by atoms with van der Waals surface area (Å²) >= 11 is 0. The molecule has 3 N–H and O–H groups in total. The van der Waals surface area contributed by atoms with Crippen LogP contribution in [0.15, 0.2) is 24.5 Å². The zero-order valence-corrected chi connectivity index (χ0v) is 16.4. The summed E-state index contributed by atoms with van der Waals surface area (Å²) in [5.74, 6) is 1.46. The van der Waals surface area contributed by atoms with E-state index in [0.29, 0.717) is 37.0 Å². The third kappa shape index (κ3) is 3.48. The van der Waals surface area contributed by atoms with Crippen molar-refractivity contribution in [3.05, 3.63) is 30.1 Å². The lowest BCUT2D eigenvalue weighted by atomic mass is 9.88. The van der Waals surface area contributed by atoms with Gasteiger partial charge < -0.3 is 20.2 Å². The number of morpholine rings is 1. The Hall–Kier alpha value is -2.43. The van der Waals surface area contributed by atoms with Gasteiger partial charge in [0.15, 0.2) is 5.82 Å². The lowest BCUT2D eigenvalue weighted by molar-refractivity contribution is -0.126. The molecule has 8 nitrogen and oxygen atoms in total. The van der Waals surface area contributed by atoms with Gasteiger partial charge in [0, 0.05) is 31.0 Å². The molecular formula is C20H24F2N6O2. The first kappa shape index (κ1) is 19.5. The summed E-state index contributed by atoms with van der Waals surface area (Å²) in [5, 5.41) is 0. The Morgan fingerprint density at radius 2 is 2.23 bits per heavy atom. The predicted octanol–water partition coefficient (Wildman–Crippen LogP) is 2.34. The lowest BCUT2D eigenvalue weighted by Crippen LogP contribution is -2.61. The van der Waals surface area contributed by atoms with Gasteiger partial charge in [-0.15, -0.1) is 0 Å². The van der Waals surface area contributed by atoms with E-state index in [1.54, 1.807) is 6.20 Å². The molecule has 10 heteroatoms. The third-order valence-electron chi connectivity index (χ3n) is 6.34. The molecule has 3 aliphatic rings. The number of ether oxygens (including phenoxy) is 1. The van der Waals surface area contributed by atoms with E-state index in [-0.39, 0.29) is 23.0 Å². The van der Waals surface area contributed by atoms with Gasteiger partial charge in [0.05, 0.1) is 30.4 Å². The third-order valence-corrected chi connectivity index (χ3v) is 6.34. The van der Waals surface area contributed by atoms with E-state index in [1.807, 2.05) is 6.07 Å². The Morgan fingerprint density at radius 3 is 3.10 bits per heavy atom. The molecule has 2 aliphatic heterocycles. The van der Waals surface area contributed by atoms with Gasteiger partial charge >= 0.3 is 0 Å². The Morgan fingerprint density at radius 1 is 1.33 bits per heavy atom. The standard InChI is InChI=1S/C20H24F2N6O2/c21-17(22)14-7-13(9-25-18(14)23)19-24-4-2-16(26-19)28-5-6-29-15(10-28)20-3-1-12(8-20)11-30-27-20/h2,4,7,9,12,15,17,27H,1,3,5-6,8,10-11H2,(H2,23,25). The van der Waals surface area contributed by atoms with Crippen LogP contribution in [0.2, 0.25) is 0 Å². The topological polar surface area (TPSA) is 98.4 Å². The molecule has 3 unspecified atom stereocenters. The maximum Gasteiger partial charge on any atom is 0.267 e. The summed E-state index contributed by atoms with van der Waals surface area (Å²) in [6, 6.07) is 3.12. The number of hydroxylamine groups is 1. The van der Waals surface area contributed by atoms with Crippen LogP contribution in [0.3, 0.4) is 0 Å². The Kier molecular flexibility index (Phi) is 5.00. The SMILES string of the molecule is Nc1ncc(-c2nccc(N3CCOC(C45CCC(CON4)C5)C3)n2)cc1C(F)F. The number of anilines is 2. The number of pyridine rings is 1. The molecule has 2 saturated heterocycles. The molecule has 0 amide bonds. The molecule has 4 heterocycles. The highest BCUT2D eigenvalue weighted by Crippen LogP contribution is 2.42. The van der Waals surface area contributed by atoms with Crippen LogP contribution in [-0.2, 0) is 9.57 Å². The predicted molar refractivity (Wildman–Crippen MR) is 106 cm³/mol. The zero-order valence-electron chi connectivity index (χ0n) is 16.4. The zero-order chi connectivity index (χ0) is 20.7. The highest BCUT2D eigenvalue weighted by molar-refractivity contribution is 5.60. The summed E-state index contributed by atoms with van der Waals surface area (Å²) in [6.07, 6.45) is 3.54. The van der Waals surface area contributed by atoms with Crippen molar-refractivity contribution < 1.29 is 18.4 Å². The van der Waals surface area contributed by atoms with Crippen molar-refractivity contribution in [2.45, 2.75) is 37.3 Å². The summed E-state index contributed by atoms with van der Waals surface area (Å²) in [5.41, 5.74) is 8.74. The van der Waals surface area contributed by atoms with Crippen LogP contribution >= 0.6 is 0 Å². The fraction of sp³-hybridized carbons (Fsp3) is 0.550. The number of alkyl halides is 2. The largest absolute Gasteiger partial charge is 0.383 e. The normalized spacial score (nSPS) is 28.8. The number of rotatable bonds is 4. The van der Waals surface area contributed by atoms with E-state index < -0.39 is 6.43 Å². The molecule has 2 bridgehead atoms. The van der Waals surface area contributed by atoms with Crippen molar-refractivity contribution in [3.63, 3.8) is 0 Å². The van der Waals surface area contributed by atoms with E-state index in [2.05, 4.69) is 25.3 Å². The Labute approximate surface area is 172 Å². The molecule has 5 rings (SSSR count). The summed E-state index contributed by atoms with van der Waals surface area (Å²) < 4.78 is 32.5. The first-order valence-electron chi connectivity index (χ1n) is 10.2. The summed E-state index contributed by atoms with van der Waals surface area (Å²) in [6.45, 7) is 2.69. The second-order valence-electron chi connectivity index (χ2n) is 8.22. The first-order valence-corrected chi connectivity index (χ1v) is 10.2. The first-order chi connectivity index (χ1) is 14.5. The van der Waals surface area contributed by atoms with Crippen molar-refractivity contribution >= 4 is 11.6 Å². The fourth-order valence-corrected chi connectivity index (χ4v) is 4.72. The lowest BCUT2D eigenvalue weighted by Gasteiger charge is -2.45. The van der Waals surface area contributed by atoms with Gasteiger partial charge in [-0.2, -0.15) is 5.48 Å². The summed E-state index contributed by atoms with van der Waals surface area (Å²) in [4.78, 5) is 20.5. The number of nitrogens with two attached hydrogens (primary N) is 1. The molecule has 2 aromatic heterocycles. The molecule has 0 spiro atoms. The van der Waals surface area contributed by atoms with Gasteiger partial charge in [0.1, 0.15) is 11.6 Å². The highest BCUT2D eigenvalue weighted by Gasteiger charge is 2.50. The molecule has 0 radical (unpaired) electrons. The molecular weight excluding hydrogens is 394 g/mol. The van der Waals surface area contributed by atoms with Crippen LogP contribution in [0.4, 0.5) is 20.4 Å². The van der Waals surface area contributed by atoms with Crippen LogP contribution in [-0.4, -0.2) is 52.9 Å². The minimum atomic E-state index is -2.71. The van der Waals surface area contributed by atoms with Gasteiger partial charge in [-0.25, -0.2) is 23.7 Å². The number of fused-ring (bicyclic) bond motifs is 2. The monoisotopic (exact) mass is 418 g/mol. The molecule has 3 atom stereocenters. The van der Waals surface area contributed by atoms with Gasteiger partial charge in [-0.05, 0) is 37.3 Å². The Bertz CT molecular complexity index is 928. The van der Waals surface area contributed by atoms with Crippen LogP contribution in [0, 0.1) is 5.92 Å². The number of nitrogens with zero attached hydrogens (tertiary/aromatic N) is 4. The van der Waals surface area contributed by atoms with Crippen molar-refractivity contribution in [2.75, 3.05) is 36.9 Å². The van der Waals surface area contributed by atoms with Crippen LogP contribution in [0.1, 0.15) is 31.3 Å². The van der Waals surface area contributed by atoms with Crippen LogP contribution in [0.25, 0.3) is 11.4 Å². The average Bonchev–Trinajstić information content (AvgIpc) is 3.08. The van der Waals surface area contributed by atoms with E-state index >= 15 is 0 Å².